The molecule has 1 saturated heterocycles. The molecular weight excluding hydrogens is 395 g/mol. The molecule has 1 heterocycles. The lowest BCUT2D eigenvalue weighted by Gasteiger charge is -2.15. The van der Waals surface area contributed by atoms with Gasteiger partial charge >= 0.3 is 0 Å². The molecule has 0 aliphatic carbocycles. The van der Waals surface area contributed by atoms with Crippen LogP contribution in [-0.2, 0) is 11.3 Å². The number of benzene rings is 2. The Bertz CT molecular complexity index is 962. The standard InChI is InChI=1S/C20H19FN4O3S/c1-2-4-18-19(26)24(13-14-7-9-16(21)10-8-14)20(29-18)23-22-12-15-5-3-6-17(11-15)25(27)28/h3,5-12,18H,2,4,13H2,1H3/b22-12+,23-20+. The van der Waals surface area contributed by atoms with E-state index >= 15 is 0 Å². The lowest BCUT2D eigenvalue weighted by atomic mass is 10.2. The summed E-state index contributed by atoms with van der Waals surface area (Å²) in [5.41, 5.74) is 1.29. The first-order chi connectivity index (χ1) is 14.0. The largest absolute Gasteiger partial charge is 0.284 e. The fraction of sp³-hybridized carbons (Fsp3) is 0.250. The molecule has 1 amide bonds. The minimum atomic E-state index is -0.478. The fourth-order valence-electron chi connectivity index (χ4n) is 2.81. The first-order valence-electron chi connectivity index (χ1n) is 9.06. The van der Waals surface area contributed by atoms with Gasteiger partial charge in [0.1, 0.15) is 5.82 Å². The summed E-state index contributed by atoms with van der Waals surface area (Å²) in [4.78, 5) is 24.7. The Hall–Kier alpha value is -3.07. The van der Waals surface area contributed by atoms with Gasteiger partial charge in [-0.3, -0.25) is 19.8 Å². The maximum Gasteiger partial charge on any atom is 0.270 e. The number of nitro groups is 1. The summed E-state index contributed by atoms with van der Waals surface area (Å²) in [7, 11) is 0. The third kappa shape index (κ3) is 5.26. The van der Waals surface area contributed by atoms with Crippen molar-refractivity contribution in [2.24, 2.45) is 10.2 Å². The summed E-state index contributed by atoms with van der Waals surface area (Å²) in [6.45, 7) is 2.28. The monoisotopic (exact) mass is 414 g/mol. The van der Waals surface area contributed by atoms with Gasteiger partial charge in [-0.15, -0.1) is 5.10 Å². The zero-order valence-electron chi connectivity index (χ0n) is 15.7. The number of rotatable bonds is 7. The summed E-state index contributed by atoms with van der Waals surface area (Å²) >= 11 is 1.35. The Morgan fingerprint density at radius 1 is 1.28 bits per heavy atom. The van der Waals surface area contributed by atoms with Gasteiger partial charge in [-0.2, -0.15) is 5.10 Å². The number of nitrogens with zero attached hydrogens (tertiary/aromatic N) is 4. The molecular formula is C20H19FN4O3S. The van der Waals surface area contributed by atoms with Crippen LogP contribution in [0.3, 0.4) is 0 Å². The van der Waals surface area contributed by atoms with Gasteiger partial charge in [0.2, 0.25) is 5.91 Å². The van der Waals surface area contributed by atoms with Gasteiger partial charge in [0.05, 0.1) is 22.9 Å². The van der Waals surface area contributed by atoms with Gasteiger partial charge < -0.3 is 0 Å². The first-order valence-corrected chi connectivity index (χ1v) is 9.94. The summed E-state index contributed by atoms with van der Waals surface area (Å²) in [5.74, 6) is -0.388. The number of non-ortho nitro benzene ring substituents is 1. The van der Waals surface area contributed by atoms with E-state index in [-0.39, 0.29) is 29.2 Å². The van der Waals surface area contributed by atoms with Crippen molar-refractivity contribution in [2.45, 2.75) is 31.6 Å². The predicted octanol–water partition coefficient (Wildman–Crippen LogP) is 4.37. The minimum absolute atomic E-state index is 0.0343. The molecule has 0 N–H and O–H groups in total. The van der Waals surface area contributed by atoms with Gasteiger partial charge in [0.25, 0.3) is 5.69 Å². The number of amides is 1. The number of hydrogen-bond acceptors (Lipinski definition) is 6. The van der Waals surface area contributed by atoms with E-state index in [2.05, 4.69) is 10.2 Å². The molecule has 29 heavy (non-hydrogen) atoms. The molecule has 1 fully saturated rings. The second-order valence-electron chi connectivity index (χ2n) is 6.43. The van der Waals surface area contributed by atoms with Gasteiger partial charge in [-0.05, 0) is 24.1 Å². The number of carbonyl (C=O) groups is 1. The topological polar surface area (TPSA) is 88.2 Å². The van der Waals surface area contributed by atoms with Crippen LogP contribution >= 0.6 is 11.8 Å². The third-order valence-corrected chi connectivity index (χ3v) is 5.49. The summed E-state index contributed by atoms with van der Waals surface area (Å²) in [5, 5.41) is 19.3. The van der Waals surface area contributed by atoms with E-state index in [1.54, 1.807) is 29.2 Å². The van der Waals surface area contributed by atoms with Crippen LogP contribution in [0.1, 0.15) is 30.9 Å². The smallest absolute Gasteiger partial charge is 0.270 e. The highest BCUT2D eigenvalue weighted by atomic mass is 32.2. The van der Waals surface area contributed by atoms with Gasteiger partial charge in [0, 0.05) is 17.7 Å². The van der Waals surface area contributed by atoms with Crippen molar-refractivity contribution in [2.75, 3.05) is 0 Å². The highest BCUT2D eigenvalue weighted by Crippen LogP contribution is 2.31. The van der Waals surface area contributed by atoms with Crippen molar-refractivity contribution in [3.8, 4) is 0 Å². The Morgan fingerprint density at radius 3 is 2.72 bits per heavy atom. The molecule has 0 aromatic heterocycles. The Kier molecular flexibility index (Phi) is 6.71. The molecule has 1 atom stereocenters. The number of halogens is 1. The Labute approximate surface area is 171 Å². The fourth-order valence-corrected chi connectivity index (χ4v) is 4.03. The van der Waals surface area contributed by atoms with Crippen molar-refractivity contribution in [3.63, 3.8) is 0 Å². The third-order valence-electron chi connectivity index (χ3n) is 4.26. The lowest BCUT2D eigenvalue weighted by Crippen LogP contribution is -2.31. The second kappa shape index (κ2) is 9.42. The number of hydrogen-bond donors (Lipinski definition) is 0. The molecule has 0 bridgehead atoms. The molecule has 3 rings (SSSR count). The van der Waals surface area contributed by atoms with Crippen LogP contribution < -0.4 is 0 Å². The second-order valence-corrected chi connectivity index (χ2v) is 7.60. The van der Waals surface area contributed by atoms with Gasteiger partial charge in [0.15, 0.2) is 5.17 Å². The molecule has 2 aromatic carbocycles. The van der Waals surface area contributed by atoms with Crippen molar-refractivity contribution in [1.82, 2.24) is 4.90 Å². The van der Waals surface area contributed by atoms with E-state index in [0.29, 0.717) is 10.7 Å². The lowest BCUT2D eigenvalue weighted by molar-refractivity contribution is -0.384. The average Bonchev–Trinajstić information content (AvgIpc) is 2.99. The molecule has 0 spiro atoms. The zero-order chi connectivity index (χ0) is 20.8. The van der Waals surface area contributed by atoms with E-state index < -0.39 is 4.92 Å². The minimum Gasteiger partial charge on any atom is -0.284 e. The Morgan fingerprint density at radius 2 is 2.03 bits per heavy atom. The predicted molar refractivity (Wildman–Crippen MR) is 111 cm³/mol. The van der Waals surface area contributed by atoms with Crippen molar-refractivity contribution >= 4 is 34.7 Å². The number of amidine groups is 1. The molecule has 2 aromatic rings. The van der Waals surface area contributed by atoms with E-state index in [1.165, 1.54) is 42.2 Å². The molecule has 9 heteroatoms. The van der Waals surface area contributed by atoms with Crippen molar-refractivity contribution < 1.29 is 14.1 Å². The molecule has 1 aliphatic rings. The number of nitro benzene ring substituents is 1. The van der Waals surface area contributed by atoms with E-state index in [4.69, 9.17) is 0 Å². The quantitative estimate of drug-likeness (QED) is 0.382. The van der Waals surface area contributed by atoms with Crippen LogP contribution in [0, 0.1) is 15.9 Å². The van der Waals surface area contributed by atoms with E-state index in [9.17, 15) is 19.3 Å². The maximum absolute atomic E-state index is 13.2. The highest BCUT2D eigenvalue weighted by Gasteiger charge is 2.37. The van der Waals surface area contributed by atoms with Crippen LogP contribution in [0.5, 0.6) is 0 Å². The first kappa shape index (κ1) is 20.7. The van der Waals surface area contributed by atoms with Crippen molar-refractivity contribution in [1.29, 1.82) is 0 Å². The van der Waals surface area contributed by atoms with Crippen molar-refractivity contribution in [3.05, 3.63) is 75.6 Å². The van der Waals surface area contributed by atoms with E-state index in [0.717, 1.165) is 18.4 Å². The number of carbonyl (C=O) groups excluding carboxylic acids is 1. The van der Waals surface area contributed by atoms with Gasteiger partial charge in [-0.25, -0.2) is 4.39 Å². The Balaban J connectivity index is 1.81. The molecule has 0 saturated carbocycles. The molecule has 7 nitrogen and oxygen atoms in total. The number of thioether (sulfide) groups is 1. The van der Waals surface area contributed by atoms with Gasteiger partial charge in [-0.1, -0.05) is 49.4 Å². The highest BCUT2D eigenvalue weighted by molar-refractivity contribution is 8.15. The molecule has 1 aliphatic heterocycles. The summed E-state index contributed by atoms with van der Waals surface area (Å²) in [6.07, 6.45) is 2.99. The van der Waals surface area contributed by atoms with Crippen LogP contribution in [-0.4, -0.2) is 32.4 Å². The molecule has 0 radical (unpaired) electrons. The maximum atomic E-state index is 13.2. The SMILES string of the molecule is CCCC1S/C(=N/N=C/c2cccc([N+](=O)[O-])c2)N(Cc2ccc(F)cc2)C1=O. The van der Waals surface area contributed by atoms with Crippen LogP contribution in [0.25, 0.3) is 0 Å². The van der Waals surface area contributed by atoms with E-state index in [1.807, 2.05) is 6.92 Å². The average molecular weight is 414 g/mol. The summed E-state index contributed by atoms with van der Waals surface area (Å²) in [6, 6.07) is 12.0. The zero-order valence-corrected chi connectivity index (χ0v) is 16.5. The van der Waals surface area contributed by atoms with Crippen LogP contribution in [0.4, 0.5) is 10.1 Å². The summed E-state index contributed by atoms with van der Waals surface area (Å²) < 4.78 is 13.2. The normalized spacial score (nSPS) is 18.1. The van der Waals surface area contributed by atoms with Crippen LogP contribution in [0.15, 0.2) is 58.7 Å². The van der Waals surface area contributed by atoms with Crippen LogP contribution in [0.2, 0.25) is 0 Å². The molecule has 150 valence electrons. The molecule has 1 unspecified atom stereocenters.